The summed E-state index contributed by atoms with van der Waals surface area (Å²) in [5, 5.41) is 3.47. The van der Waals surface area contributed by atoms with E-state index >= 15 is 0 Å². The fourth-order valence-corrected chi connectivity index (χ4v) is 2.07. The second-order valence-electron chi connectivity index (χ2n) is 5.95. The highest BCUT2D eigenvalue weighted by atomic mass is 16.5. The molecular weight excluding hydrogens is 252 g/mol. The van der Waals surface area contributed by atoms with Gasteiger partial charge in [0, 0.05) is 31.8 Å². The number of nitrogens with zero attached hydrogens (tertiary/aromatic N) is 1. The molecule has 1 aromatic heterocycles. The quantitative estimate of drug-likeness (QED) is 0.716. The van der Waals surface area contributed by atoms with E-state index in [9.17, 15) is 0 Å². The summed E-state index contributed by atoms with van der Waals surface area (Å²) in [6.45, 7) is 13.3. The van der Waals surface area contributed by atoms with Crippen LogP contribution in [-0.2, 0) is 17.8 Å². The lowest BCUT2D eigenvalue weighted by molar-refractivity contribution is 0.119. The zero-order valence-electron chi connectivity index (χ0n) is 13.6. The Kier molecular flexibility index (Phi) is 7.88. The van der Waals surface area contributed by atoms with Crippen molar-refractivity contribution >= 4 is 0 Å². The molecule has 0 saturated carbocycles. The predicted octanol–water partition coefficient (Wildman–Crippen LogP) is 2.88. The van der Waals surface area contributed by atoms with Gasteiger partial charge in [-0.2, -0.15) is 0 Å². The van der Waals surface area contributed by atoms with Crippen LogP contribution >= 0.6 is 0 Å². The minimum Gasteiger partial charge on any atom is -0.468 e. The van der Waals surface area contributed by atoms with Gasteiger partial charge in [-0.25, -0.2) is 0 Å². The number of furan rings is 1. The topological polar surface area (TPSA) is 37.6 Å². The van der Waals surface area contributed by atoms with Crippen LogP contribution in [0.4, 0.5) is 0 Å². The molecule has 0 aliphatic carbocycles. The van der Waals surface area contributed by atoms with E-state index in [1.54, 1.807) is 13.4 Å². The third kappa shape index (κ3) is 6.07. The lowest BCUT2D eigenvalue weighted by Gasteiger charge is -2.25. The largest absolute Gasteiger partial charge is 0.468 e. The van der Waals surface area contributed by atoms with Crippen molar-refractivity contribution < 1.29 is 9.15 Å². The summed E-state index contributed by atoms with van der Waals surface area (Å²) < 4.78 is 10.8. The number of ether oxygens (including phenoxy) is 1. The summed E-state index contributed by atoms with van der Waals surface area (Å²) in [7, 11) is 1.74. The van der Waals surface area contributed by atoms with E-state index in [0.717, 1.165) is 38.5 Å². The maximum atomic E-state index is 5.66. The summed E-state index contributed by atoms with van der Waals surface area (Å²) in [6.07, 6.45) is 1.79. The number of methoxy groups -OCH3 is 1. The molecule has 4 heteroatoms. The molecule has 0 unspecified atom stereocenters. The number of nitrogens with one attached hydrogen (secondary N) is 1. The van der Waals surface area contributed by atoms with Gasteiger partial charge in [-0.3, -0.25) is 4.90 Å². The zero-order chi connectivity index (χ0) is 15.0. The van der Waals surface area contributed by atoms with E-state index in [1.165, 1.54) is 5.56 Å². The molecule has 1 rings (SSSR count). The Bertz CT molecular complexity index is 361. The molecule has 0 aliphatic rings. The van der Waals surface area contributed by atoms with Crippen LogP contribution in [0.2, 0.25) is 0 Å². The van der Waals surface area contributed by atoms with Crippen LogP contribution in [0.3, 0.4) is 0 Å². The average molecular weight is 282 g/mol. The normalized spacial score (nSPS) is 12.0. The monoisotopic (exact) mass is 282 g/mol. The minimum absolute atomic E-state index is 0.478. The Morgan fingerprint density at radius 2 is 2.05 bits per heavy atom. The first kappa shape index (κ1) is 17.2. The molecule has 20 heavy (non-hydrogen) atoms. The van der Waals surface area contributed by atoms with Gasteiger partial charge in [0.2, 0.25) is 0 Å². The molecule has 116 valence electrons. The minimum atomic E-state index is 0.478. The van der Waals surface area contributed by atoms with Gasteiger partial charge in [-0.1, -0.05) is 13.8 Å². The van der Waals surface area contributed by atoms with E-state index in [0.29, 0.717) is 12.0 Å². The first-order valence-corrected chi connectivity index (χ1v) is 7.53. The Morgan fingerprint density at radius 3 is 2.65 bits per heavy atom. The molecule has 0 spiro atoms. The van der Waals surface area contributed by atoms with Gasteiger partial charge >= 0.3 is 0 Å². The molecule has 0 bridgehead atoms. The highest BCUT2D eigenvalue weighted by Crippen LogP contribution is 2.15. The number of hydrogen-bond acceptors (Lipinski definition) is 4. The van der Waals surface area contributed by atoms with E-state index in [2.05, 4.69) is 44.0 Å². The molecule has 0 fully saturated rings. The van der Waals surface area contributed by atoms with E-state index in [4.69, 9.17) is 9.15 Å². The van der Waals surface area contributed by atoms with Crippen molar-refractivity contribution in [1.29, 1.82) is 0 Å². The van der Waals surface area contributed by atoms with Crippen LogP contribution < -0.4 is 5.32 Å². The third-order valence-corrected chi connectivity index (χ3v) is 3.37. The molecule has 0 aliphatic heterocycles. The van der Waals surface area contributed by atoms with Gasteiger partial charge in [0.1, 0.15) is 5.76 Å². The first-order valence-electron chi connectivity index (χ1n) is 7.53. The summed E-state index contributed by atoms with van der Waals surface area (Å²) in [6, 6.07) is 2.55. The lowest BCUT2D eigenvalue weighted by Crippen LogP contribution is -2.33. The third-order valence-electron chi connectivity index (χ3n) is 3.37. The van der Waals surface area contributed by atoms with Gasteiger partial charge < -0.3 is 14.5 Å². The molecule has 0 amide bonds. The Balaban J connectivity index is 2.55. The van der Waals surface area contributed by atoms with Gasteiger partial charge in [-0.15, -0.1) is 0 Å². The fourth-order valence-electron chi connectivity index (χ4n) is 2.07. The fraction of sp³-hybridized carbons (Fsp3) is 0.750. The van der Waals surface area contributed by atoms with Crippen molar-refractivity contribution in [2.75, 3.05) is 26.8 Å². The highest BCUT2D eigenvalue weighted by Gasteiger charge is 2.14. The second-order valence-corrected chi connectivity index (χ2v) is 5.95. The SMILES string of the molecule is COCCN(Cc1occc1CNCC(C)C)C(C)C. The molecular formula is C16H30N2O2. The maximum absolute atomic E-state index is 5.66. The van der Waals surface area contributed by atoms with Crippen LogP contribution in [0.1, 0.15) is 39.0 Å². The predicted molar refractivity (Wildman–Crippen MR) is 82.7 cm³/mol. The number of rotatable bonds is 10. The Hall–Kier alpha value is -0.840. The summed E-state index contributed by atoms with van der Waals surface area (Å²) in [5.41, 5.74) is 1.26. The van der Waals surface area contributed by atoms with E-state index in [-0.39, 0.29) is 0 Å². The smallest absolute Gasteiger partial charge is 0.122 e. The summed E-state index contributed by atoms with van der Waals surface area (Å²) >= 11 is 0. The van der Waals surface area contributed by atoms with Crippen LogP contribution in [0.5, 0.6) is 0 Å². The van der Waals surface area contributed by atoms with Crippen molar-refractivity contribution in [2.45, 2.75) is 46.8 Å². The van der Waals surface area contributed by atoms with Gasteiger partial charge in [-0.05, 0) is 32.4 Å². The first-order chi connectivity index (χ1) is 9.54. The van der Waals surface area contributed by atoms with Crippen LogP contribution in [0.25, 0.3) is 0 Å². The number of hydrogen-bond donors (Lipinski definition) is 1. The zero-order valence-corrected chi connectivity index (χ0v) is 13.6. The van der Waals surface area contributed by atoms with Crippen molar-refractivity contribution in [2.24, 2.45) is 5.92 Å². The Labute approximate surface area is 123 Å². The van der Waals surface area contributed by atoms with Crippen LogP contribution in [0, 0.1) is 5.92 Å². The van der Waals surface area contributed by atoms with Gasteiger partial charge in [0.25, 0.3) is 0 Å². The van der Waals surface area contributed by atoms with Gasteiger partial charge in [0.05, 0.1) is 19.4 Å². The van der Waals surface area contributed by atoms with Crippen molar-refractivity contribution in [3.05, 3.63) is 23.7 Å². The molecule has 0 saturated heterocycles. The molecule has 1 heterocycles. The highest BCUT2D eigenvalue weighted by molar-refractivity contribution is 5.16. The molecule has 1 aromatic rings. The second kappa shape index (κ2) is 9.16. The molecule has 0 radical (unpaired) electrons. The van der Waals surface area contributed by atoms with Gasteiger partial charge in [0.15, 0.2) is 0 Å². The lowest BCUT2D eigenvalue weighted by atomic mass is 10.2. The van der Waals surface area contributed by atoms with Crippen LogP contribution in [-0.4, -0.2) is 37.7 Å². The molecule has 4 nitrogen and oxygen atoms in total. The van der Waals surface area contributed by atoms with Crippen molar-refractivity contribution in [3.63, 3.8) is 0 Å². The van der Waals surface area contributed by atoms with Crippen molar-refractivity contribution in [1.82, 2.24) is 10.2 Å². The van der Waals surface area contributed by atoms with Crippen LogP contribution in [0.15, 0.2) is 16.7 Å². The van der Waals surface area contributed by atoms with E-state index < -0.39 is 0 Å². The standard InChI is InChI=1S/C16H30N2O2/c1-13(2)10-17-11-15-6-8-20-16(15)12-18(14(3)4)7-9-19-5/h6,8,13-14,17H,7,9-12H2,1-5H3. The Morgan fingerprint density at radius 1 is 1.30 bits per heavy atom. The molecule has 0 aromatic carbocycles. The van der Waals surface area contributed by atoms with E-state index in [1.807, 2.05) is 0 Å². The maximum Gasteiger partial charge on any atom is 0.122 e. The van der Waals surface area contributed by atoms with Crippen molar-refractivity contribution in [3.8, 4) is 0 Å². The summed E-state index contributed by atoms with van der Waals surface area (Å²) in [5.74, 6) is 1.73. The summed E-state index contributed by atoms with van der Waals surface area (Å²) in [4.78, 5) is 2.37. The molecule has 1 N–H and O–H groups in total. The average Bonchev–Trinajstić information content (AvgIpc) is 2.81. The molecule has 0 atom stereocenters.